The monoisotopic (exact) mass is 212 g/mol. The van der Waals surface area contributed by atoms with E-state index in [0.717, 1.165) is 5.56 Å². The predicted molar refractivity (Wildman–Crippen MR) is 52.9 cm³/mol. The van der Waals surface area contributed by atoms with Crippen molar-refractivity contribution in [3.05, 3.63) is 33.8 Å². The van der Waals surface area contributed by atoms with Gasteiger partial charge in [-0.15, -0.1) is 0 Å². The zero-order valence-electron chi connectivity index (χ0n) is 7.83. The van der Waals surface area contributed by atoms with Gasteiger partial charge < -0.3 is 4.74 Å². The Morgan fingerprint density at radius 2 is 2.14 bits per heavy atom. The Morgan fingerprint density at radius 3 is 2.64 bits per heavy atom. The molecule has 0 bridgehead atoms. The second kappa shape index (κ2) is 4.24. The molecule has 1 rings (SSSR count). The molecule has 1 aromatic carbocycles. The van der Waals surface area contributed by atoms with Crippen LogP contribution >= 0.6 is 11.6 Å². The average molecular weight is 213 g/mol. The van der Waals surface area contributed by atoms with Crippen LogP contribution in [-0.4, -0.2) is 19.4 Å². The average Bonchev–Trinajstić information content (AvgIpc) is 2.15. The Hall–Kier alpha value is -1.35. The summed E-state index contributed by atoms with van der Waals surface area (Å²) in [5.74, 6) is -0.600. The summed E-state index contributed by atoms with van der Waals surface area (Å²) in [6, 6.07) is 3.20. The first-order valence-electron chi connectivity index (χ1n) is 3.93. The molecule has 0 aliphatic rings. The van der Waals surface area contributed by atoms with E-state index < -0.39 is 5.97 Å². The zero-order chi connectivity index (χ0) is 10.7. The lowest BCUT2D eigenvalue weighted by Gasteiger charge is -2.06. The van der Waals surface area contributed by atoms with Crippen molar-refractivity contribution >= 4 is 23.9 Å². The molecule has 0 saturated heterocycles. The van der Waals surface area contributed by atoms with Gasteiger partial charge in [-0.2, -0.15) is 0 Å². The third kappa shape index (κ3) is 1.93. The van der Waals surface area contributed by atoms with Gasteiger partial charge in [0.15, 0.2) is 6.29 Å². The second-order valence-electron chi connectivity index (χ2n) is 2.82. The molecule has 74 valence electrons. The van der Waals surface area contributed by atoms with Crippen LogP contribution < -0.4 is 0 Å². The van der Waals surface area contributed by atoms with E-state index in [0.29, 0.717) is 6.29 Å². The first-order valence-corrected chi connectivity index (χ1v) is 4.31. The highest BCUT2D eigenvalue weighted by atomic mass is 35.5. The van der Waals surface area contributed by atoms with Gasteiger partial charge in [-0.3, -0.25) is 4.79 Å². The van der Waals surface area contributed by atoms with Crippen molar-refractivity contribution in [1.29, 1.82) is 0 Å². The Bertz CT molecular complexity index is 385. The number of hydrogen-bond acceptors (Lipinski definition) is 3. The molecule has 0 aliphatic heterocycles. The highest BCUT2D eigenvalue weighted by molar-refractivity contribution is 6.34. The number of methoxy groups -OCH3 is 1. The van der Waals surface area contributed by atoms with Crippen LogP contribution in [0.25, 0.3) is 0 Å². The summed E-state index contributed by atoms with van der Waals surface area (Å²) >= 11 is 5.83. The number of aryl methyl sites for hydroxylation is 1. The van der Waals surface area contributed by atoms with Gasteiger partial charge in [0.2, 0.25) is 0 Å². The number of hydrogen-bond donors (Lipinski definition) is 0. The van der Waals surface area contributed by atoms with Crippen LogP contribution in [0.2, 0.25) is 5.02 Å². The minimum absolute atomic E-state index is 0.120. The quantitative estimate of drug-likeness (QED) is 0.558. The Morgan fingerprint density at radius 1 is 1.50 bits per heavy atom. The van der Waals surface area contributed by atoms with Crippen molar-refractivity contribution in [2.75, 3.05) is 7.11 Å². The topological polar surface area (TPSA) is 43.4 Å². The minimum atomic E-state index is -0.600. The van der Waals surface area contributed by atoms with Gasteiger partial charge in [0, 0.05) is 5.56 Å². The lowest BCUT2D eigenvalue weighted by molar-refractivity contribution is 0.0598. The standard InChI is InChI=1S/C10H9ClO3/c1-6-3-7(5-12)9(8(11)4-6)10(13)14-2/h3-5H,1-2H3. The Balaban J connectivity index is 3.39. The fraction of sp³-hybridized carbons (Fsp3) is 0.200. The van der Waals surface area contributed by atoms with E-state index in [1.165, 1.54) is 7.11 Å². The lowest BCUT2D eigenvalue weighted by Crippen LogP contribution is -2.06. The predicted octanol–water partition coefficient (Wildman–Crippen LogP) is 2.25. The summed E-state index contributed by atoms with van der Waals surface area (Å²) in [5, 5.41) is 0.235. The van der Waals surface area contributed by atoms with Crippen molar-refractivity contribution in [2.45, 2.75) is 6.92 Å². The highest BCUT2D eigenvalue weighted by Crippen LogP contribution is 2.22. The van der Waals surface area contributed by atoms with Gasteiger partial charge in [-0.1, -0.05) is 11.6 Å². The minimum Gasteiger partial charge on any atom is -0.465 e. The van der Waals surface area contributed by atoms with E-state index >= 15 is 0 Å². The van der Waals surface area contributed by atoms with Crippen LogP contribution in [0.5, 0.6) is 0 Å². The molecule has 14 heavy (non-hydrogen) atoms. The molecule has 0 N–H and O–H groups in total. The van der Waals surface area contributed by atoms with Crippen molar-refractivity contribution in [3.63, 3.8) is 0 Å². The smallest absolute Gasteiger partial charge is 0.340 e. The Kier molecular flexibility index (Phi) is 3.25. The highest BCUT2D eigenvalue weighted by Gasteiger charge is 2.16. The molecule has 0 amide bonds. The molecule has 4 heteroatoms. The van der Waals surface area contributed by atoms with Gasteiger partial charge in [0.25, 0.3) is 0 Å². The maximum Gasteiger partial charge on any atom is 0.340 e. The third-order valence-corrected chi connectivity index (χ3v) is 2.08. The first-order chi connectivity index (χ1) is 6.60. The molecule has 3 nitrogen and oxygen atoms in total. The van der Waals surface area contributed by atoms with Gasteiger partial charge in [-0.05, 0) is 24.6 Å². The van der Waals surface area contributed by atoms with Gasteiger partial charge >= 0.3 is 5.97 Å². The van der Waals surface area contributed by atoms with E-state index in [1.54, 1.807) is 19.1 Å². The number of aldehydes is 1. The summed E-state index contributed by atoms with van der Waals surface area (Å²) < 4.78 is 4.52. The maximum absolute atomic E-state index is 11.3. The summed E-state index contributed by atoms with van der Waals surface area (Å²) in [6.45, 7) is 1.79. The molecule has 0 spiro atoms. The normalized spacial score (nSPS) is 9.64. The lowest BCUT2D eigenvalue weighted by atomic mass is 10.1. The fourth-order valence-corrected chi connectivity index (χ4v) is 1.54. The number of esters is 1. The SMILES string of the molecule is COC(=O)c1c(Cl)cc(C)cc1C=O. The van der Waals surface area contributed by atoms with Crippen LogP contribution in [0.15, 0.2) is 12.1 Å². The Labute approximate surface area is 86.6 Å². The molecule has 0 unspecified atom stereocenters. The molecule has 1 aromatic rings. The molecule has 0 aromatic heterocycles. The molecular formula is C10H9ClO3. The van der Waals surface area contributed by atoms with E-state index in [4.69, 9.17) is 11.6 Å². The molecule has 0 radical (unpaired) electrons. The number of benzene rings is 1. The van der Waals surface area contributed by atoms with Crippen LogP contribution in [0, 0.1) is 6.92 Å². The van der Waals surface area contributed by atoms with E-state index in [1.807, 2.05) is 0 Å². The van der Waals surface area contributed by atoms with Gasteiger partial charge in [0.1, 0.15) is 0 Å². The maximum atomic E-state index is 11.3. The van der Waals surface area contributed by atoms with E-state index in [9.17, 15) is 9.59 Å². The second-order valence-corrected chi connectivity index (χ2v) is 3.23. The van der Waals surface area contributed by atoms with Crippen molar-refractivity contribution in [2.24, 2.45) is 0 Å². The summed E-state index contributed by atoms with van der Waals surface area (Å²) in [6.07, 6.45) is 0.588. The van der Waals surface area contributed by atoms with Gasteiger partial charge in [-0.25, -0.2) is 4.79 Å². The molecule has 0 atom stereocenters. The summed E-state index contributed by atoms with van der Waals surface area (Å²) in [7, 11) is 1.24. The van der Waals surface area contributed by atoms with Crippen LogP contribution in [0.3, 0.4) is 0 Å². The number of rotatable bonds is 2. The van der Waals surface area contributed by atoms with Crippen molar-refractivity contribution in [3.8, 4) is 0 Å². The number of carbonyl (C=O) groups is 2. The van der Waals surface area contributed by atoms with Crippen molar-refractivity contribution in [1.82, 2.24) is 0 Å². The van der Waals surface area contributed by atoms with E-state index in [-0.39, 0.29) is 16.1 Å². The number of ether oxygens (including phenoxy) is 1. The third-order valence-electron chi connectivity index (χ3n) is 1.78. The molecule has 0 aliphatic carbocycles. The first kappa shape index (κ1) is 10.7. The molecule has 0 saturated carbocycles. The molecule has 0 fully saturated rings. The van der Waals surface area contributed by atoms with E-state index in [2.05, 4.69) is 4.74 Å². The zero-order valence-corrected chi connectivity index (χ0v) is 8.59. The molecular weight excluding hydrogens is 204 g/mol. The van der Waals surface area contributed by atoms with Crippen molar-refractivity contribution < 1.29 is 14.3 Å². The van der Waals surface area contributed by atoms with Crippen LogP contribution in [0.4, 0.5) is 0 Å². The largest absolute Gasteiger partial charge is 0.465 e. The summed E-state index contributed by atoms with van der Waals surface area (Å²) in [4.78, 5) is 21.9. The van der Waals surface area contributed by atoms with Crippen LogP contribution in [0.1, 0.15) is 26.3 Å². The fourth-order valence-electron chi connectivity index (χ4n) is 1.18. The summed E-state index contributed by atoms with van der Waals surface area (Å²) in [5.41, 5.74) is 1.20. The van der Waals surface area contributed by atoms with Crippen LogP contribution in [-0.2, 0) is 4.74 Å². The number of halogens is 1. The molecule has 0 heterocycles. The number of carbonyl (C=O) groups excluding carboxylic acids is 2. The van der Waals surface area contributed by atoms with Gasteiger partial charge in [0.05, 0.1) is 17.7 Å².